The van der Waals surface area contributed by atoms with E-state index < -0.39 is 10.0 Å². The van der Waals surface area contributed by atoms with Gasteiger partial charge < -0.3 is 5.32 Å². The summed E-state index contributed by atoms with van der Waals surface area (Å²) in [5.74, 6) is 0. The van der Waals surface area contributed by atoms with Crippen LogP contribution in [0.15, 0.2) is 53.4 Å². The minimum absolute atomic E-state index is 0.235. The minimum atomic E-state index is -3.59. The van der Waals surface area contributed by atoms with Crippen LogP contribution in [-0.4, -0.2) is 15.5 Å². The molecule has 0 aromatic heterocycles. The van der Waals surface area contributed by atoms with Crippen LogP contribution < -0.4 is 10.0 Å². The molecule has 0 amide bonds. The zero-order chi connectivity index (χ0) is 13.9. The van der Waals surface area contributed by atoms with Crippen LogP contribution in [0.2, 0.25) is 0 Å². The van der Waals surface area contributed by atoms with Crippen LogP contribution in [0.1, 0.15) is 5.56 Å². The molecule has 0 heterocycles. The van der Waals surface area contributed by atoms with E-state index in [4.69, 9.17) is 0 Å². The summed E-state index contributed by atoms with van der Waals surface area (Å²) >= 11 is 0. The summed E-state index contributed by atoms with van der Waals surface area (Å²) in [5, 5.41) is 2.88. The number of hydrogen-bond donors (Lipinski definition) is 2. The molecule has 0 atom stereocenters. The number of aryl methyl sites for hydroxylation is 1. The maximum absolute atomic E-state index is 12.3. The minimum Gasteiger partial charge on any atom is -0.387 e. The monoisotopic (exact) mass is 276 g/mol. The maximum Gasteiger partial charge on any atom is 0.263 e. The molecule has 19 heavy (non-hydrogen) atoms. The molecule has 2 rings (SSSR count). The number of nitrogens with one attached hydrogen (secondary N) is 2. The quantitative estimate of drug-likeness (QED) is 0.902. The highest BCUT2D eigenvalue weighted by Crippen LogP contribution is 2.23. The van der Waals surface area contributed by atoms with Gasteiger partial charge in [-0.05, 0) is 36.8 Å². The fraction of sp³-hybridized carbons (Fsp3) is 0.143. The Bertz CT molecular complexity index is 681. The van der Waals surface area contributed by atoms with E-state index in [1.807, 2.05) is 19.1 Å². The molecule has 100 valence electrons. The molecule has 0 aliphatic heterocycles. The van der Waals surface area contributed by atoms with E-state index in [1.54, 1.807) is 43.4 Å². The number of hydrogen-bond acceptors (Lipinski definition) is 3. The molecule has 2 N–H and O–H groups in total. The van der Waals surface area contributed by atoms with Crippen LogP contribution >= 0.6 is 0 Å². The molecule has 5 heteroatoms. The highest BCUT2D eigenvalue weighted by molar-refractivity contribution is 7.92. The Hall–Kier alpha value is -2.01. The molecular weight excluding hydrogens is 260 g/mol. The number of para-hydroxylation sites is 1. The van der Waals surface area contributed by atoms with E-state index in [1.165, 1.54) is 0 Å². The molecule has 0 bridgehead atoms. The summed E-state index contributed by atoms with van der Waals surface area (Å²) in [4.78, 5) is 0.235. The van der Waals surface area contributed by atoms with Gasteiger partial charge in [0.1, 0.15) is 4.90 Å². The summed E-state index contributed by atoms with van der Waals surface area (Å²) in [6.07, 6.45) is 0. The lowest BCUT2D eigenvalue weighted by Gasteiger charge is -2.12. The van der Waals surface area contributed by atoms with Gasteiger partial charge in [0.25, 0.3) is 10.0 Å². The van der Waals surface area contributed by atoms with Crippen molar-refractivity contribution in [3.05, 3.63) is 54.1 Å². The lowest BCUT2D eigenvalue weighted by atomic mass is 10.2. The Kier molecular flexibility index (Phi) is 3.76. The normalized spacial score (nSPS) is 11.1. The van der Waals surface area contributed by atoms with Crippen molar-refractivity contribution in [2.45, 2.75) is 11.8 Å². The van der Waals surface area contributed by atoms with Crippen molar-refractivity contribution in [1.82, 2.24) is 0 Å². The first-order valence-electron chi connectivity index (χ1n) is 5.89. The van der Waals surface area contributed by atoms with Gasteiger partial charge in [-0.25, -0.2) is 8.42 Å². The van der Waals surface area contributed by atoms with E-state index in [0.29, 0.717) is 11.4 Å². The van der Waals surface area contributed by atoms with Crippen LogP contribution in [0.5, 0.6) is 0 Å². The fourth-order valence-electron chi connectivity index (χ4n) is 1.83. The standard InChI is InChI=1S/C14H16N2O2S/c1-11-6-5-7-12(10-11)16-19(17,18)14-9-4-3-8-13(14)15-2/h3-10,15-16H,1-2H3. The first kappa shape index (κ1) is 13.4. The van der Waals surface area contributed by atoms with Gasteiger partial charge in [0.05, 0.1) is 5.69 Å². The van der Waals surface area contributed by atoms with Gasteiger partial charge in [-0.3, -0.25) is 4.72 Å². The van der Waals surface area contributed by atoms with Crippen LogP contribution in [-0.2, 0) is 10.0 Å². The summed E-state index contributed by atoms with van der Waals surface area (Å²) in [6.45, 7) is 1.92. The van der Waals surface area contributed by atoms with Gasteiger partial charge in [-0.15, -0.1) is 0 Å². The lowest BCUT2D eigenvalue weighted by molar-refractivity contribution is 0.601. The predicted molar refractivity (Wildman–Crippen MR) is 78.0 cm³/mol. The van der Waals surface area contributed by atoms with Gasteiger partial charge in [-0.2, -0.15) is 0 Å². The van der Waals surface area contributed by atoms with Gasteiger partial charge in [0.2, 0.25) is 0 Å². The molecule has 0 unspecified atom stereocenters. The third kappa shape index (κ3) is 3.06. The highest BCUT2D eigenvalue weighted by atomic mass is 32.2. The van der Waals surface area contributed by atoms with Crippen molar-refractivity contribution in [3.63, 3.8) is 0 Å². The molecule has 4 nitrogen and oxygen atoms in total. The Morgan fingerprint density at radius 2 is 1.74 bits per heavy atom. The molecule has 0 spiro atoms. The first-order chi connectivity index (χ1) is 9.03. The first-order valence-corrected chi connectivity index (χ1v) is 7.37. The van der Waals surface area contributed by atoms with Gasteiger partial charge in [0.15, 0.2) is 0 Å². The third-order valence-electron chi connectivity index (χ3n) is 2.72. The number of anilines is 2. The van der Waals surface area contributed by atoms with Crippen molar-refractivity contribution in [1.29, 1.82) is 0 Å². The van der Waals surface area contributed by atoms with Crippen LogP contribution in [0.3, 0.4) is 0 Å². The van der Waals surface area contributed by atoms with Gasteiger partial charge >= 0.3 is 0 Å². The Labute approximate surface area is 113 Å². The predicted octanol–water partition coefficient (Wildman–Crippen LogP) is 2.84. The van der Waals surface area contributed by atoms with E-state index in [9.17, 15) is 8.42 Å². The van der Waals surface area contributed by atoms with E-state index in [2.05, 4.69) is 10.0 Å². The number of rotatable bonds is 4. The largest absolute Gasteiger partial charge is 0.387 e. The summed E-state index contributed by atoms with van der Waals surface area (Å²) in [6, 6.07) is 14.0. The van der Waals surface area contributed by atoms with Gasteiger partial charge in [0, 0.05) is 12.7 Å². The van der Waals surface area contributed by atoms with Crippen molar-refractivity contribution in [3.8, 4) is 0 Å². The fourth-order valence-corrected chi connectivity index (χ4v) is 3.09. The average Bonchev–Trinajstić information content (AvgIpc) is 2.38. The highest BCUT2D eigenvalue weighted by Gasteiger charge is 2.17. The Morgan fingerprint density at radius 3 is 2.42 bits per heavy atom. The molecule has 0 saturated carbocycles. The topological polar surface area (TPSA) is 58.2 Å². The zero-order valence-corrected chi connectivity index (χ0v) is 11.7. The van der Waals surface area contributed by atoms with E-state index in [0.717, 1.165) is 5.56 Å². The van der Waals surface area contributed by atoms with Crippen LogP contribution in [0.25, 0.3) is 0 Å². The molecule has 2 aromatic carbocycles. The van der Waals surface area contributed by atoms with Crippen molar-refractivity contribution >= 4 is 21.4 Å². The molecule has 0 radical (unpaired) electrons. The summed E-state index contributed by atoms with van der Waals surface area (Å²) in [7, 11) is -1.89. The number of sulfonamides is 1. The summed E-state index contributed by atoms with van der Waals surface area (Å²) < 4.78 is 27.3. The van der Waals surface area contributed by atoms with Crippen LogP contribution in [0.4, 0.5) is 11.4 Å². The molecule has 0 aliphatic rings. The molecule has 0 fully saturated rings. The molecule has 0 saturated heterocycles. The SMILES string of the molecule is CNc1ccccc1S(=O)(=O)Nc1cccc(C)c1. The van der Waals surface area contributed by atoms with Crippen molar-refractivity contribution in [2.75, 3.05) is 17.1 Å². The second kappa shape index (κ2) is 5.32. The van der Waals surface area contributed by atoms with Gasteiger partial charge in [-0.1, -0.05) is 24.3 Å². The third-order valence-corrected chi connectivity index (χ3v) is 4.16. The van der Waals surface area contributed by atoms with E-state index >= 15 is 0 Å². The lowest BCUT2D eigenvalue weighted by Crippen LogP contribution is -2.14. The zero-order valence-electron chi connectivity index (χ0n) is 10.8. The second-order valence-electron chi connectivity index (χ2n) is 4.22. The number of benzene rings is 2. The van der Waals surface area contributed by atoms with E-state index in [-0.39, 0.29) is 4.90 Å². The van der Waals surface area contributed by atoms with Crippen molar-refractivity contribution in [2.24, 2.45) is 0 Å². The smallest absolute Gasteiger partial charge is 0.263 e. The second-order valence-corrected chi connectivity index (χ2v) is 5.87. The Balaban J connectivity index is 2.38. The van der Waals surface area contributed by atoms with Crippen molar-refractivity contribution < 1.29 is 8.42 Å². The molecule has 2 aromatic rings. The average molecular weight is 276 g/mol. The summed E-state index contributed by atoms with van der Waals surface area (Å²) in [5.41, 5.74) is 2.13. The molecule has 0 aliphatic carbocycles. The maximum atomic E-state index is 12.3. The van der Waals surface area contributed by atoms with Crippen LogP contribution in [0, 0.1) is 6.92 Å². The molecular formula is C14H16N2O2S. The Morgan fingerprint density at radius 1 is 1.00 bits per heavy atom.